The van der Waals surface area contributed by atoms with Crippen molar-refractivity contribution in [3.8, 4) is 17.2 Å². The van der Waals surface area contributed by atoms with Gasteiger partial charge in [0.05, 0.1) is 0 Å². The second-order valence-corrected chi connectivity index (χ2v) is 5.18. The third-order valence-electron chi connectivity index (χ3n) is 2.02. The van der Waals surface area contributed by atoms with Crippen LogP contribution in [0.2, 0.25) is 0 Å². The molecular weight excluding hydrogens is 247 g/mol. The van der Waals surface area contributed by atoms with E-state index in [0.717, 1.165) is 4.59 Å². The molecule has 0 atom stereocenters. The molecule has 0 aliphatic carbocycles. The predicted octanol–water partition coefficient (Wildman–Crippen LogP) is -0.748. The molecule has 2 aromatic rings. The van der Waals surface area contributed by atoms with Gasteiger partial charge in [-0.15, -0.1) is 0 Å². The topological polar surface area (TPSA) is 58.3 Å². The zero-order valence-electron chi connectivity index (χ0n) is 7.01. The van der Waals surface area contributed by atoms with E-state index in [1.54, 1.807) is 10.7 Å². The van der Waals surface area contributed by atoms with Crippen molar-refractivity contribution in [2.75, 3.05) is 0 Å². The van der Waals surface area contributed by atoms with Gasteiger partial charge in [0.25, 0.3) is 0 Å². The molecule has 0 saturated carbocycles. The Labute approximate surface area is 86.0 Å². The quantitative estimate of drug-likeness (QED) is 0.561. The number of benzene rings is 1. The van der Waals surface area contributed by atoms with E-state index in [9.17, 15) is 5.11 Å². The Morgan fingerprint density at radius 2 is 2.14 bits per heavy atom. The van der Waals surface area contributed by atoms with Gasteiger partial charge in [-0.3, -0.25) is 0 Å². The minimum absolute atomic E-state index is 0.0417. The molecule has 0 fully saturated rings. The van der Waals surface area contributed by atoms with E-state index in [4.69, 9.17) is 5.11 Å². The van der Waals surface area contributed by atoms with Crippen LogP contribution in [0.3, 0.4) is 0 Å². The molecule has 4 nitrogen and oxygen atoms in total. The van der Waals surface area contributed by atoms with Gasteiger partial charge in [0.2, 0.25) is 0 Å². The van der Waals surface area contributed by atoms with Crippen LogP contribution in [0.15, 0.2) is 24.4 Å². The Hall–Kier alpha value is -1.45. The zero-order chi connectivity index (χ0) is 9.71. The molecule has 0 amide bonds. The van der Waals surface area contributed by atoms with Crippen molar-refractivity contribution >= 4 is 24.0 Å². The first-order valence-electron chi connectivity index (χ1n) is 4.04. The van der Waals surface area contributed by atoms with Crippen LogP contribution in [-0.2, 0) is 0 Å². The van der Waals surface area contributed by atoms with Gasteiger partial charge in [0.15, 0.2) is 0 Å². The molecule has 2 heterocycles. The number of hydrogen-bond acceptors (Lipinski definition) is 3. The van der Waals surface area contributed by atoms with E-state index in [2.05, 4.69) is 5.10 Å². The van der Waals surface area contributed by atoms with Gasteiger partial charge >= 0.3 is 85.6 Å². The Kier molecular flexibility index (Phi) is 1.43. The van der Waals surface area contributed by atoms with Crippen LogP contribution < -0.4 is 9.05 Å². The molecule has 1 aliphatic heterocycles. The fourth-order valence-corrected chi connectivity index (χ4v) is 2.41. The molecule has 14 heavy (non-hydrogen) atoms. The van der Waals surface area contributed by atoms with Crippen LogP contribution in [-0.4, -0.2) is 35.0 Å². The number of fused-ring (bicyclic) bond motifs is 1. The van der Waals surface area contributed by atoms with Gasteiger partial charge in [-0.1, -0.05) is 0 Å². The predicted molar refractivity (Wildman–Crippen MR) is 51.9 cm³/mol. The summed E-state index contributed by atoms with van der Waals surface area (Å²) in [4.78, 5) is 0. The van der Waals surface area contributed by atoms with Crippen LogP contribution in [0.4, 0.5) is 0 Å². The van der Waals surface area contributed by atoms with Crippen molar-refractivity contribution in [2.24, 2.45) is 0 Å². The van der Waals surface area contributed by atoms with Crippen molar-refractivity contribution < 1.29 is 10.2 Å². The summed E-state index contributed by atoms with van der Waals surface area (Å²) in [5, 5.41) is 22.9. The van der Waals surface area contributed by atoms with Crippen LogP contribution in [0.1, 0.15) is 0 Å². The Morgan fingerprint density at radius 3 is 2.79 bits per heavy atom. The van der Waals surface area contributed by atoms with Crippen molar-refractivity contribution in [2.45, 2.75) is 0 Å². The summed E-state index contributed by atoms with van der Waals surface area (Å²) in [6.45, 7) is 0. The maximum absolute atomic E-state index is 9.56. The van der Waals surface area contributed by atoms with Crippen molar-refractivity contribution in [1.82, 2.24) is 9.78 Å². The van der Waals surface area contributed by atoms with Gasteiger partial charge in [0.1, 0.15) is 0 Å². The average Bonchev–Trinajstić information content (AvgIpc) is 2.74. The molecule has 2 N–H and O–H groups in total. The molecule has 70 valence electrons. The minimum atomic E-state index is 0.0417. The van der Waals surface area contributed by atoms with Crippen molar-refractivity contribution in [3.05, 3.63) is 24.4 Å². The van der Waals surface area contributed by atoms with Crippen molar-refractivity contribution in [3.63, 3.8) is 0 Å². The van der Waals surface area contributed by atoms with Gasteiger partial charge in [-0.25, -0.2) is 0 Å². The first-order valence-corrected chi connectivity index (χ1v) is 5.75. The number of aromatic nitrogens is 2. The summed E-state index contributed by atoms with van der Waals surface area (Å²) in [5.74, 6) is 0.0973. The number of rotatable bonds is 1. The molecule has 1 aromatic heterocycles. The number of phenolic OH excluding ortho intramolecular Hbond substituents is 2. The van der Waals surface area contributed by atoms with Gasteiger partial charge in [-0.05, 0) is 0 Å². The van der Waals surface area contributed by atoms with Crippen LogP contribution in [0, 0.1) is 0 Å². The molecule has 0 saturated heterocycles. The van der Waals surface area contributed by atoms with Gasteiger partial charge in [-0.2, -0.15) is 0 Å². The number of hydrogen-bond donors (Lipinski definition) is 2. The van der Waals surface area contributed by atoms with E-state index in [-0.39, 0.29) is 11.5 Å². The number of aromatic hydroxyl groups is 2. The van der Waals surface area contributed by atoms with Crippen molar-refractivity contribution in [1.29, 1.82) is 0 Å². The van der Waals surface area contributed by atoms with E-state index in [1.807, 2.05) is 6.20 Å². The third-order valence-corrected chi connectivity index (χ3v) is 3.72. The molecule has 0 unspecified atom stereocenters. The monoisotopic (exact) mass is 254 g/mol. The second-order valence-electron chi connectivity index (χ2n) is 3.02. The van der Waals surface area contributed by atoms with E-state index < -0.39 is 0 Å². The molecular formula is C9H6N2O2Se. The molecule has 0 spiro atoms. The van der Waals surface area contributed by atoms with Crippen LogP contribution in [0.5, 0.6) is 11.5 Å². The molecule has 1 aromatic carbocycles. The van der Waals surface area contributed by atoms with Crippen LogP contribution >= 0.6 is 0 Å². The number of nitrogens with zero attached hydrogens (tertiary/aromatic N) is 2. The standard InChI is InChI=1S/C9H6N2O2Se/c12-5-1-2-6(7(13)3-5)11-4-8-9(10-11)14-8/h1-4,12-13H. The van der Waals surface area contributed by atoms with Crippen LogP contribution in [0.25, 0.3) is 5.69 Å². The summed E-state index contributed by atoms with van der Waals surface area (Å²) in [5.41, 5.74) is 0.603. The number of phenols is 2. The summed E-state index contributed by atoms with van der Waals surface area (Å²) < 4.78 is 4.07. The fraction of sp³-hybridized carbons (Fsp3) is 0. The average molecular weight is 253 g/mol. The molecule has 0 bridgehead atoms. The van der Waals surface area contributed by atoms with Gasteiger partial charge < -0.3 is 0 Å². The Balaban J connectivity index is 2.12. The van der Waals surface area contributed by atoms with E-state index >= 15 is 0 Å². The molecule has 0 radical (unpaired) electrons. The van der Waals surface area contributed by atoms with E-state index in [0.29, 0.717) is 20.6 Å². The third kappa shape index (κ3) is 1.10. The second kappa shape index (κ2) is 2.53. The first kappa shape index (κ1) is 7.91. The molecule has 3 rings (SSSR count). The summed E-state index contributed by atoms with van der Waals surface area (Å²) in [7, 11) is 0. The Bertz CT molecular complexity index is 502. The normalized spacial score (nSPS) is 12.6. The maximum atomic E-state index is 9.56. The summed E-state index contributed by atoms with van der Waals surface area (Å²) in [6, 6.07) is 4.48. The SMILES string of the molecule is Oc1ccc(-n2cc3c(n2)[Se]3)c(O)c1. The summed E-state index contributed by atoms with van der Waals surface area (Å²) >= 11 is 0.475. The first-order chi connectivity index (χ1) is 6.74. The van der Waals surface area contributed by atoms with Gasteiger partial charge in [0, 0.05) is 0 Å². The molecule has 5 heteroatoms. The van der Waals surface area contributed by atoms with E-state index in [1.165, 1.54) is 16.6 Å². The Morgan fingerprint density at radius 1 is 1.29 bits per heavy atom. The molecule has 1 aliphatic rings. The zero-order valence-corrected chi connectivity index (χ0v) is 8.72. The fourth-order valence-electron chi connectivity index (χ4n) is 1.30. The summed E-state index contributed by atoms with van der Waals surface area (Å²) in [6.07, 6.45) is 1.92.